The number of thiazole rings is 1. The number of hydrogen-bond acceptors (Lipinski definition) is 3. The Morgan fingerprint density at radius 2 is 2.42 bits per heavy atom. The van der Waals surface area contributed by atoms with Crippen molar-refractivity contribution in [3.63, 3.8) is 0 Å². The Morgan fingerprint density at radius 1 is 1.58 bits per heavy atom. The number of nitrogens with zero attached hydrogens (tertiary/aromatic N) is 2. The van der Waals surface area contributed by atoms with Crippen LogP contribution in [0.2, 0.25) is 0 Å². The third-order valence-electron chi connectivity index (χ3n) is 2.92. The van der Waals surface area contributed by atoms with Gasteiger partial charge in [-0.2, -0.15) is 0 Å². The van der Waals surface area contributed by atoms with Crippen molar-refractivity contribution in [1.29, 1.82) is 0 Å². The van der Waals surface area contributed by atoms with E-state index in [9.17, 15) is 4.79 Å². The van der Waals surface area contributed by atoms with Crippen molar-refractivity contribution in [2.45, 2.75) is 25.8 Å². The topological polar surface area (TPSA) is 59.0 Å². The van der Waals surface area contributed by atoms with Gasteiger partial charge in [0.1, 0.15) is 0 Å². The second-order valence-corrected chi connectivity index (χ2v) is 5.38. The number of hydrogen-bond donors (Lipinski definition) is 2. The minimum absolute atomic E-state index is 0.120. The van der Waals surface area contributed by atoms with Gasteiger partial charge in [0.2, 0.25) is 0 Å². The molecule has 19 heavy (non-hydrogen) atoms. The summed E-state index contributed by atoms with van der Waals surface area (Å²) in [5, 5.41) is 8.06. The first-order chi connectivity index (χ1) is 9.15. The Hall–Kier alpha value is -1.82. The summed E-state index contributed by atoms with van der Waals surface area (Å²) < 4.78 is 2.10. The normalized spacial score (nSPS) is 12.1. The molecule has 2 heterocycles. The molecule has 102 valence electrons. The van der Waals surface area contributed by atoms with E-state index in [2.05, 4.69) is 26.3 Å². The van der Waals surface area contributed by atoms with E-state index in [0.29, 0.717) is 5.13 Å². The van der Waals surface area contributed by atoms with Crippen molar-refractivity contribution < 1.29 is 4.79 Å². The molecule has 0 aliphatic carbocycles. The first-order valence-electron chi connectivity index (χ1n) is 6.22. The van der Waals surface area contributed by atoms with Gasteiger partial charge in [0.05, 0.1) is 0 Å². The lowest BCUT2D eigenvalue weighted by Gasteiger charge is -2.14. The predicted molar refractivity (Wildman–Crippen MR) is 77.5 cm³/mol. The Labute approximate surface area is 116 Å². The molecule has 0 bridgehead atoms. The van der Waals surface area contributed by atoms with Gasteiger partial charge in [-0.3, -0.25) is 5.32 Å². The zero-order valence-electron chi connectivity index (χ0n) is 11.1. The highest BCUT2D eigenvalue weighted by Crippen LogP contribution is 2.10. The summed E-state index contributed by atoms with van der Waals surface area (Å²) in [6, 6.07) is 4.05. The van der Waals surface area contributed by atoms with Crippen LogP contribution in [0.25, 0.3) is 0 Å². The largest absolute Gasteiger partial charge is 0.354 e. The molecular weight excluding hydrogens is 260 g/mol. The van der Waals surface area contributed by atoms with Gasteiger partial charge in [-0.1, -0.05) is 0 Å². The fourth-order valence-corrected chi connectivity index (χ4v) is 2.36. The van der Waals surface area contributed by atoms with Crippen LogP contribution in [-0.2, 0) is 13.5 Å². The van der Waals surface area contributed by atoms with E-state index in [1.54, 1.807) is 6.20 Å². The quantitative estimate of drug-likeness (QED) is 0.883. The summed E-state index contributed by atoms with van der Waals surface area (Å²) in [4.78, 5) is 15.7. The molecule has 0 fully saturated rings. The van der Waals surface area contributed by atoms with Crippen LogP contribution in [-0.4, -0.2) is 21.6 Å². The molecule has 0 aliphatic rings. The Balaban J connectivity index is 1.73. The minimum Gasteiger partial charge on any atom is -0.354 e. The van der Waals surface area contributed by atoms with E-state index in [4.69, 9.17) is 0 Å². The van der Waals surface area contributed by atoms with E-state index in [1.165, 1.54) is 17.0 Å². The van der Waals surface area contributed by atoms with Crippen LogP contribution in [0.1, 0.15) is 19.0 Å². The lowest BCUT2D eigenvalue weighted by atomic mass is 10.1. The fraction of sp³-hybridized carbons (Fsp3) is 0.385. The van der Waals surface area contributed by atoms with Gasteiger partial charge in [0.25, 0.3) is 0 Å². The highest BCUT2D eigenvalue weighted by atomic mass is 32.1. The number of carbonyl (C=O) groups excluding carboxylic acids is 1. The molecule has 2 amide bonds. The summed E-state index contributed by atoms with van der Waals surface area (Å²) in [6.45, 7) is 2.00. The summed E-state index contributed by atoms with van der Waals surface area (Å²) in [5.74, 6) is 0. The van der Waals surface area contributed by atoms with Crippen molar-refractivity contribution in [2.75, 3.05) is 5.32 Å². The molecule has 6 heteroatoms. The van der Waals surface area contributed by atoms with Crippen molar-refractivity contribution in [2.24, 2.45) is 7.05 Å². The van der Waals surface area contributed by atoms with Crippen molar-refractivity contribution >= 4 is 22.5 Å². The van der Waals surface area contributed by atoms with Gasteiger partial charge in [0.15, 0.2) is 5.13 Å². The Morgan fingerprint density at radius 3 is 3.05 bits per heavy atom. The predicted octanol–water partition coefficient (Wildman–Crippen LogP) is 2.62. The Kier molecular flexibility index (Phi) is 4.57. The number of aryl methyl sites for hydroxylation is 2. The SMILES string of the molecule is C[C@H](CCc1cccn1C)NC(=O)Nc1nccs1. The molecule has 0 aromatic carbocycles. The summed E-state index contributed by atoms with van der Waals surface area (Å²) >= 11 is 1.41. The third-order valence-corrected chi connectivity index (χ3v) is 3.60. The van der Waals surface area contributed by atoms with Gasteiger partial charge in [0, 0.05) is 36.6 Å². The lowest BCUT2D eigenvalue weighted by molar-refractivity contribution is 0.248. The van der Waals surface area contributed by atoms with E-state index >= 15 is 0 Å². The molecule has 0 radical (unpaired) electrons. The second-order valence-electron chi connectivity index (χ2n) is 4.49. The standard InChI is InChI=1S/C13H18N4OS/c1-10(5-6-11-4-3-8-17(11)2)15-12(18)16-13-14-7-9-19-13/h3-4,7-10H,5-6H2,1-2H3,(H2,14,15,16,18)/t10-/m1/s1. The van der Waals surface area contributed by atoms with Gasteiger partial charge >= 0.3 is 6.03 Å². The number of rotatable bonds is 5. The summed E-state index contributed by atoms with van der Waals surface area (Å²) in [7, 11) is 2.03. The number of urea groups is 1. The highest BCUT2D eigenvalue weighted by Gasteiger charge is 2.09. The second kappa shape index (κ2) is 6.38. The number of anilines is 1. The van der Waals surface area contributed by atoms with Crippen LogP contribution < -0.4 is 10.6 Å². The lowest BCUT2D eigenvalue weighted by Crippen LogP contribution is -2.36. The van der Waals surface area contributed by atoms with Gasteiger partial charge in [-0.25, -0.2) is 9.78 Å². The third kappa shape index (κ3) is 4.10. The monoisotopic (exact) mass is 278 g/mol. The average molecular weight is 278 g/mol. The number of carbonyl (C=O) groups is 1. The maximum atomic E-state index is 11.7. The van der Waals surface area contributed by atoms with Crippen LogP contribution in [0, 0.1) is 0 Å². The smallest absolute Gasteiger partial charge is 0.321 e. The first-order valence-corrected chi connectivity index (χ1v) is 7.10. The molecule has 2 aromatic rings. The first kappa shape index (κ1) is 13.6. The van der Waals surface area contributed by atoms with Crippen molar-refractivity contribution in [1.82, 2.24) is 14.9 Å². The highest BCUT2D eigenvalue weighted by molar-refractivity contribution is 7.13. The maximum absolute atomic E-state index is 11.7. The van der Waals surface area contributed by atoms with Crippen LogP contribution >= 0.6 is 11.3 Å². The summed E-state index contributed by atoms with van der Waals surface area (Å²) in [5.41, 5.74) is 1.27. The fourth-order valence-electron chi connectivity index (χ4n) is 1.83. The molecule has 5 nitrogen and oxygen atoms in total. The van der Waals surface area contributed by atoms with Gasteiger partial charge < -0.3 is 9.88 Å². The van der Waals surface area contributed by atoms with Crippen LogP contribution in [0.4, 0.5) is 9.93 Å². The molecule has 2 aromatic heterocycles. The summed E-state index contributed by atoms with van der Waals surface area (Å²) in [6.07, 6.45) is 5.55. The number of aromatic nitrogens is 2. The maximum Gasteiger partial charge on any atom is 0.321 e. The molecule has 0 saturated heterocycles. The van der Waals surface area contributed by atoms with Gasteiger partial charge in [-0.05, 0) is 31.9 Å². The Bertz CT molecular complexity index is 520. The van der Waals surface area contributed by atoms with Crippen molar-refractivity contribution in [3.8, 4) is 0 Å². The van der Waals surface area contributed by atoms with Crippen molar-refractivity contribution in [3.05, 3.63) is 35.6 Å². The average Bonchev–Trinajstić information content (AvgIpc) is 2.98. The molecular formula is C13H18N4OS. The minimum atomic E-state index is -0.200. The molecule has 0 unspecified atom stereocenters. The molecule has 0 aliphatic heterocycles. The van der Waals surface area contributed by atoms with Crippen LogP contribution in [0.3, 0.4) is 0 Å². The van der Waals surface area contributed by atoms with E-state index in [-0.39, 0.29) is 12.1 Å². The van der Waals surface area contributed by atoms with E-state index in [1.807, 2.05) is 31.6 Å². The molecule has 0 saturated carbocycles. The zero-order valence-corrected chi connectivity index (χ0v) is 11.9. The molecule has 2 rings (SSSR count). The number of nitrogens with one attached hydrogen (secondary N) is 2. The molecule has 2 N–H and O–H groups in total. The van der Waals surface area contributed by atoms with E-state index in [0.717, 1.165) is 12.8 Å². The van der Waals surface area contributed by atoms with E-state index < -0.39 is 0 Å². The molecule has 0 spiro atoms. The van der Waals surface area contributed by atoms with Gasteiger partial charge in [-0.15, -0.1) is 11.3 Å². The number of amides is 2. The molecule has 1 atom stereocenters. The zero-order chi connectivity index (χ0) is 13.7. The van der Waals surface area contributed by atoms with Crippen LogP contribution in [0.15, 0.2) is 29.9 Å². The van der Waals surface area contributed by atoms with Crippen LogP contribution in [0.5, 0.6) is 0 Å².